The molecule has 0 bridgehead atoms. The lowest BCUT2D eigenvalue weighted by Crippen LogP contribution is -2.66. The first-order valence-corrected chi connectivity index (χ1v) is 17.5. The summed E-state index contributed by atoms with van der Waals surface area (Å²) < 4.78 is 11.6. The van der Waals surface area contributed by atoms with Crippen molar-refractivity contribution in [1.82, 2.24) is 29.3 Å². The molecule has 0 radical (unpaired) electrons. The summed E-state index contributed by atoms with van der Waals surface area (Å²) in [6.07, 6.45) is 6.50. The lowest BCUT2D eigenvalue weighted by atomic mass is 10.0. The Hall–Kier alpha value is -4.60. The maximum absolute atomic E-state index is 7.44. The van der Waals surface area contributed by atoms with Crippen LogP contribution in [0.1, 0.15) is 55.8 Å². The fourth-order valence-electron chi connectivity index (χ4n) is 7.09. The molecular weight excluding hydrogens is 575 g/mol. The first-order valence-electron chi connectivity index (χ1n) is 15.6. The van der Waals surface area contributed by atoms with E-state index in [1.165, 1.54) is 27.8 Å². The number of benzene rings is 3. The standard InChI is InChI=1S/C36H39N7OSi/c1-36(2,3)45(29-15-9-5-10-16-29,30-17-11-6-12-18-30)44-23-28-19-27(21-42-25-40-33-34(37)38-24-39-35(33)42)31-22-43(41-32(28)31)20-26-13-7-4-8-14-26/h4-18,22,24-25,27-28H,19-21,23H2,1-3H3,(H2,37,38,39)/t27-,28+/m0/s1. The normalized spacial score (nSPS) is 16.7. The molecule has 8 nitrogen and oxygen atoms in total. The summed E-state index contributed by atoms with van der Waals surface area (Å²) in [7, 11) is -2.70. The van der Waals surface area contributed by atoms with Crippen LogP contribution in [-0.4, -0.2) is 44.2 Å². The van der Waals surface area contributed by atoms with E-state index in [9.17, 15) is 0 Å². The van der Waals surface area contributed by atoms with Crippen molar-refractivity contribution >= 4 is 35.7 Å². The highest BCUT2D eigenvalue weighted by molar-refractivity contribution is 6.99. The third-order valence-corrected chi connectivity index (χ3v) is 14.2. The summed E-state index contributed by atoms with van der Waals surface area (Å²) in [5.74, 6) is 0.780. The van der Waals surface area contributed by atoms with Crippen LogP contribution in [0.25, 0.3) is 11.2 Å². The number of fused-ring (bicyclic) bond motifs is 2. The highest BCUT2D eigenvalue weighted by Gasteiger charge is 2.51. The number of imidazole rings is 1. The summed E-state index contributed by atoms with van der Waals surface area (Å²) in [4.78, 5) is 13.2. The zero-order valence-corrected chi connectivity index (χ0v) is 27.0. The van der Waals surface area contributed by atoms with E-state index in [1.807, 2.05) is 12.4 Å². The molecule has 0 unspecified atom stereocenters. The molecule has 228 valence electrons. The zero-order valence-electron chi connectivity index (χ0n) is 26.0. The minimum atomic E-state index is -2.70. The second kappa shape index (κ2) is 11.7. The molecule has 1 aliphatic rings. The van der Waals surface area contributed by atoms with Crippen molar-refractivity contribution in [3.63, 3.8) is 0 Å². The van der Waals surface area contributed by atoms with Gasteiger partial charge in [-0.15, -0.1) is 0 Å². The van der Waals surface area contributed by atoms with Crippen LogP contribution in [0.2, 0.25) is 5.04 Å². The Morgan fingerprint density at radius 2 is 1.49 bits per heavy atom. The highest BCUT2D eigenvalue weighted by atomic mass is 28.4. The minimum Gasteiger partial charge on any atom is -0.407 e. The molecule has 0 spiro atoms. The highest BCUT2D eigenvalue weighted by Crippen LogP contribution is 2.44. The summed E-state index contributed by atoms with van der Waals surface area (Å²) in [5, 5.41) is 7.69. The molecule has 3 aromatic carbocycles. The number of nitrogens with two attached hydrogens (primary N) is 1. The number of aromatic nitrogens is 6. The van der Waals surface area contributed by atoms with Crippen LogP contribution in [0, 0.1) is 0 Å². The van der Waals surface area contributed by atoms with Crippen molar-refractivity contribution in [1.29, 1.82) is 0 Å². The Morgan fingerprint density at radius 1 is 0.844 bits per heavy atom. The van der Waals surface area contributed by atoms with Crippen molar-refractivity contribution in [2.24, 2.45) is 0 Å². The fourth-order valence-corrected chi connectivity index (χ4v) is 11.7. The van der Waals surface area contributed by atoms with Gasteiger partial charge < -0.3 is 14.7 Å². The average molecular weight is 614 g/mol. The third kappa shape index (κ3) is 5.36. The van der Waals surface area contributed by atoms with Crippen LogP contribution in [0.5, 0.6) is 0 Å². The third-order valence-electron chi connectivity index (χ3n) is 9.17. The number of anilines is 1. The lowest BCUT2D eigenvalue weighted by Gasteiger charge is -2.43. The summed E-state index contributed by atoms with van der Waals surface area (Å²) in [6, 6.07) is 32.2. The maximum Gasteiger partial charge on any atom is 0.261 e. The van der Waals surface area contributed by atoms with Gasteiger partial charge in [-0.2, -0.15) is 5.10 Å². The second-order valence-electron chi connectivity index (χ2n) is 13.1. The maximum atomic E-state index is 7.44. The van der Waals surface area contributed by atoms with Gasteiger partial charge in [-0.3, -0.25) is 4.68 Å². The molecule has 3 aromatic heterocycles. The molecule has 7 rings (SSSR count). The number of hydrogen-bond acceptors (Lipinski definition) is 6. The quantitative estimate of drug-likeness (QED) is 0.216. The molecule has 2 atom stereocenters. The topological polar surface area (TPSA) is 96.7 Å². The van der Waals surface area contributed by atoms with Gasteiger partial charge in [-0.05, 0) is 33.0 Å². The van der Waals surface area contributed by atoms with E-state index in [0.717, 1.165) is 30.9 Å². The second-order valence-corrected chi connectivity index (χ2v) is 17.4. The number of rotatable bonds is 9. The average Bonchev–Trinajstić information content (AvgIpc) is 3.74. The van der Waals surface area contributed by atoms with Crippen LogP contribution < -0.4 is 16.1 Å². The fraction of sp³-hybridized carbons (Fsp3) is 0.278. The summed E-state index contributed by atoms with van der Waals surface area (Å²) >= 11 is 0. The van der Waals surface area contributed by atoms with E-state index in [-0.39, 0.29) is 16.9 Å². The van der Waals surface area contributed by atoms with Crippen molar-refractivity contribution in [3.8, 4) is 0 Å². The first kappa shape index (κ1) is 29.1. The first-order chi connectivity index (χ1) is 21.8. The van der Waals surface area contributed by atoms with Crippen molar-refractivity contribution in [3.05, 3.63) is 127 Å². The molecule has 0 aliphatic heterocycles. The number of nitrogen functional groups attached to an aromatic ring is 1. The van der Waals surface area contributed by atoms with E-state index >= 15 is 0 Å². The molecule has 0 saturated heterocycles. The van der Waals surface area contributed by atoms with E-state index in [1.54, 1.807) is 0 Å². The monoisotopic (exact) mass is 613 g/mol. The van der Waals surface area contributed by atoms with Crippen LogP contribution in [0.15, 0.2) is 110 Å². The Kier molecular flexibility index (Phi) is 7.59. The summed E-state index contributed by atoms with van der Waals surface area (Å²) in [6.45, 7) is 9.03. The van der Waals surface area contributed by atoms with Gasteiger partial charge in [-0.1, -0.05) is 112 Å². The number of hydrogen-bond donors (Lipinski definition) is 1. The predicted octanol–water partition coefficient (Wildman–Crippen LogP) is 5.50. The molecule has 0 fully saturated rings. The SMILES string of the molecule is CC(C)(C)[Si](OC[C@H]1C[C@@H](Cn2cnc3c(N)ncnc32)c2cn(Cc3ccccc3)nc21)(c1ccccc1)c1ccccc1. The molecule has 3 heterocycles. The Balaban J connectivity index is 1.25. The van der Waals surface area contributed by atoms with Crippen LogP contribution in [-0.2, 0) is 17.5 Å². The van der Waals surface area contributed by atoms with E-state index in [0.29, 0.717) is 17.9 Å². The largest absolute Gasteiger partial charge is 0.407 e. The van der Waals surface area contributed by atoms with Crippen LogP contribution in [0.4, 0.5) is 5.82 Å². The van der Waals surface area contributed by atoms with Gasteiger partial charge in [0.1, 0.15) is 11.8 Å². The summed E-state index contributed by atoms with van der Waals surface area (Å²) in [5.41, 5.74) is 11.1. The molecule has 45 heavy (non-hydrogen) atoms. The molecular formula is C36H39N7OSi. The molecule has 0 amide bonds. The van der Waals surface area contributed by atoms with Gasteiger partial charge in [0.05, 0.1) is 18.6 Å². The number of nitrogens with zero attached hydrogens (tertiary/aromatic N) is 6. The molecule has 6 aromatic rings. The molecule has 9 heteroatoms. The zero-order chi connectivity index (χ0) is 31.0. The van der Waals surface area contributed by atoms with Gasteiger partial charge in [0.25, 0.3) is 8.32 Å². The van der Waals surface area contributed by atoms with Gasteiger partial charge in [0.15, 0.2) is 11.5 Å². The Morgan fingerprint density at radius 3 is 2.13 bits per heavy atom. The van der Waals surface area contributed by atoms with E-state index < -0.39 is 8.32 Å². The van der Waals surface area contributed by atoms with Crippen LogP contribution in [0.3, 0.4) is 0 Å². The van der Waals surface area contributed by atoms with E-state index in [4.69, 9.17) is 15.3 Å². The van der Waals surface area contributed by atoms with Gasteiger partial charge >= 0.3 is 0 Å². The predicted molar refractivity (Wildman–Crippen MR) is 181 cm³/mol. The molecule has 0 saturated carbocycles. The van der Waals surface area contributed by atoms with Crippen LogP contribution >= 0.6 is 0 Å². The van der Waals surface area contributed by atoms with E-state index in [2.05, 4.69) is 136 Å². The lowest BCUT2D eigenvalue weighted by molar-refractivity contribution is 0.262. The van der Waals surface area contributed by atoms with Gasteiger partial charge in [-0.25, -0.2) is 15.0 Å². The molecule has 1 aliphatic carbocycles. The Labute approximate surface area is 265 Å². The Bertz CT molecular complexity index is 1860. The molecule has 2 N–H and O–H groups in total. The van der Waals surface area contributed by atoms with Gasteiger partial charge in [0.2, 0.25) is 0 Å². The van der Waals surface area contributed by atoms with Gasteiger partial charge in [0, 0.05) is 31.2 Å². The van der Waals surface area contributed by atoms with Crippen molar-refractivity contribution < 1.29 is 4.43 Å². The smallest absolute Gasteiger partial charge is 0.261 e. The van der Waals surface area contributed by atoms with Crippen molar-refractivity contribution in [2.45, 2.75) is 57.2 Å². The van der Waals surface area contributed by atoms with Crippen molar-refractivity contribution in [2.75, 3.05) is 12.3 Å². The minimum absolute atomic E-state index is 0.0986.